The van der Waals surface area contributed by atoms with Gasteiger partial charge in [0.25, 0.3) is 0 Å². The summed E-state index contributed by atoms with van der Waals surface area (Å²) in [5, 5.41) is 4.03. The van der Waals surface area contributed by atoms with Crippen molar-refractivity contribution < 1.29 is 9.26 Å². The Morgan fingerprint density at radius 2 is 2.29 bits per heavy atom. The van der Waals surface area contributed by atoms with Crippen molar-refractivity contribution in [3.63, 3.8) is 0 Å². The largest absolute Gasteiger partial charge is 0.380 e. The highest BCUT2D eigenvalue weighted by Gasteiger charge is 2.27. The van der Waals surface area contributed by atoms with Crippen molar-refractivity contribution in [3.8, 4) is 0 Å². The van der Waals surface area contributed by atoms with Crippen molar-refractivity contribution in [1.29, 1.82) is 0 Å². The molecule has 0 radical (unpaired) electrons. The SMILES string of the molecule is CCOCC(N)c1noc(C2CCCc3ccccc32)n1. The highest BCUT2D eigenvalue weighted by atomic mass is 16.5. The summed E-state index contributed by atoms with van der Waals surface area (Å²) in [7, 11) is 0. The van der Waals surface area contributed by atoms with Crippen LogP contribution < -0.4 is 5.73 Å². The molecule has 5 nitrogen and oxygen atoms in total. The van der Waals surface area contributed by atoms with Gasteiger partial charge >= 0.3 is 0 Å². The minimum Gasteiger partial charge on any atom is -0.380 e. The van der Waals surface area contributed by atoms with E-state index in [2.05, 4.69) is 34.4 Å². The summed E-state index contributed by atoms with van der Waals surface area (Å²) in [6.45, 7) is 2.98. The van der Waals surface area contributed by atoms with E-state index < -0.39 is 0 Å². The molecular formula is C16H21N3O2. The molecule has 0 spiro atoms. The first-order chi connectivity index (χ1) is 10.3. The van der Waals surface area contributed by atoms with Gasteiger partial charge in [-0.2, -0.15) is 4.98 Å². The molecule has 5 heteroatoms. The fraction of sp³-hybridized carbons (Fsp3) is 0.500. The van der Waals surface area contributed by atoms with Crippen molar-refractivity contribution >= 4 is 0 Å². The Morgan fingerprint density at radius 1 is 1.43 bits per heavy atom. The van der Waals surface area contributed by atoms with E-state index in [0.29, 0.717) is 24.9 Å². The number of ether oxygens (including phenoxy) is 1. The first-order valence-electron chi connectivity index (χ1n) is 7.54. The van der Waals surface area contributed by atoms with E-state index in [1.807, 2.05) is 6.92 Å². The lowest BCUT2D eigenvalue weighted by Crippen LogP contribution is -2.19. The Bertz CT molecular complexity index is 597. The second-order valence-electron chi connectivity index (χ2n) is 5.40. The van der Waals surface area contributed by atoms with Gasteiger partial charge in [-0.05, 0) is 37.3 Å². The summed E-state index contributed by atoms with van der Waals surface area (Å²) < 4.78 is 10.8. The van der Waals surface area contributed by atoms with Crippen LogP contribution in [0.5, 0.6) is 0 Å². The van der Waals surface area contributed by atoms with Crippen molar-refractivity contribution in [2.45, 2.75) is 38.1 Å². The zero-order valence-corrected chi connectivity index (χ0v) is 12.3. The summed E-state index contributed by atoms with van der Waals surface area (Å²) in [5.41, 5.74) is 8.69. The van der Waals surface area contributed by atoms with Gasteiger partial charge in [0.1, 0.15) is 0 Å². The predicted octanol–water partition coefficient (Wildman–Crippen LogP) is 2.57. The number of hydrogen-bond acceptors (Lipinski definition) is 5. The van der Waals surface area contributed by atoms with E-state index in [1.54, 1.807) is 0 Å². The third kappa shape index (κ3) is 2.99. The van der Waals surface area contributed by atoms with Gasteiger partial charge < -0.3 is 15.0 Å². The van der Waals surface area contributed by atoms with Crippen molar-refractivity contribution in [2.75, 3.05) is 13.2 Å². The van der Waals surface area contributed by atoms with Crippen molar-refractivity contribution in [3.05, 3.63) is 47.1 Å². The van der Waals surface area contributed by atoms with Crippen LogP contribution in [0, 0.1) is 0 Å². The summed E-state index contributed by atoms with van der Waals surface area (Å²) in [5.74, 6) is 1.39. The fourth-order valence-corrected chi connectivity index (χ4v) is 2.87. The van der Waals surface area contributed by atoms with Gasteiger partial charge in [-0.25, -0.2) is 0 Å². The van der Waals surface area contributed by atoms with Crippen LogP contribution in [-0.2, 0) is 11.2 Å². The van der Waals surface area contributed by atoms with Gasteiger partial charge in [-0.1, -0.05) is 29.4 Å². The standard InChI is InChI=1S/C16H21N3O2/c1-2-20-10-14(17)15-18-16(21-19-15)13-9-5-7-11-6-3-4-8-12(11)13/h3-4,6,8,13-14H,2,5,7,9-10,17H2,1H3. The van der Waals surface area contributed by atoms with E-state index in [0.717, 1.165) is 19.3 Å². The van der Waals surface area contributed by atoms with Crippen LogP contribution in [0.4, 0.5) is 0 Å². The van der Waals surface area contributed by atoms with Gasteiger partial charge in [-0.3, -0.25) is 0 Å². The average molecular weight is 287 g/mol. The quantitative estimate of drug-likeness (QED) is 0.914. The predicted molar refractivity (Wildman–Crippen MR) is 78.9 cm³/mol. The molecule has 2 atom stereocenters. The van der Waals surface area contributed by atoms with Crippen LogP contribution in [0.2, 0.25) is 0 Å². The van der Waals surface area contributed by atoms with Crippen LogP contribution >= 0.6 is 0 Å². The Balaban J connectivity index is 1.81. The molecule has 1 aromatic heterocycles. The van der Waals surface area contributed by atoms with Gasteiger partial charge in [0.05, 0.1) is 18.6 Å². The van der Waals surface area contributed by atoms with E-state index in [9.17, 15) is 0 Å². The number of nitrogens with zero attached hydrogens (tertiary/aromatic N) is 2. The molecule has 1 aliphatic rings. The number of rotatable bonds is 5. The van der Waals surface area contributed by atoms with Crippen molar-refractivity contribution in [1.82, 2.24) is 10.1 Å². The molecule has 2 N–H and O–H groups in total. The van der Waals surface area contributed by atoms with E-state index in [4.69, 9.17) is 15.0 Å². The number of hydrogen-bond donors (Lipinski definition) is 1. The first-order valence-corrected chi connectivity index (χ1v) is 7.54. The van der Waals surface area contributed by atoms with Gasteiger partial charge in [0.2, 0.25) is 5.89 Å². The Kier molecular flexibility index (Phi) is 4.31. The molecule has 3 rings (SSSR count). The monoisotopic (exact) mass is 287 g/mol. The molecule has 0 saturated carbocycles. The number of nitrogens with two attached hydrogens (primary N) is 1. The number of fused-ring (bicyclic) bond motifs is 1. The van der Waals surface area contributed by atoms with Crippen LogP contribution in [0.1, 0.15) is 54.6 Å². The lowest BCUT2D eigenvalue weighted by molar-refractivity contribution is 0.130. The number of aryl methyl sites for hydroxylation is 1. The molecule has 0 bridgehead atoms. The second kappa shape index (κ2) is 6.37. The smallest absolute Gasteiger partial charge is 0.234 e. The third-order valence-corrected chi connectivity index (χ3v) is 3.96. The van der Waals surface area contributed by atoms with Gasteiger partial charge in [0, 0.05) is 6.61 Å². The lowest BCUT2D eigenvalue weighted by atomic mass is 9.83. The zero-order chi connectivity index (χ0) is 14.7. The van der Waals surface area contributed by atoms with Crippen LogP contribution in [0.25, 0.3) is 0 Å². The molecule has 112 valence electrons. The van der Waals surface area contributed by atoms with Crippen LogP contribution in [-0.4, -0.2) is 23.4 Å². The van der Waals surface area contributed by atoms with Gasteiger partial charge in [0.15, 0.2) is 5.82 Å². The van der Waals surface area contributed by atoms with Crippen molar-refractivity contribution in [2.24, 2.45) is 5.73 Å². The molecule has 1 heterocycles. The van der Waals surface area contributed by atoms with Gasteiger partial charge in [-0.15, -0.1) is 0 Å². The topological polar surface area (TPSA) is 74.2 Å². The molecule has 2 unspecified atom stereocenters. The molecule has 0 fully saturated rings. The minimum atomic E-state index is -0.332. The molecular weight excluding hydrogens is 266 g/mol. The maximum absolute atomic E-state index is 6.01. The highest BCUT2D eigenvalue weighted by Crippen LogP contribution is 2.35. The average Bonchev–Trinajstić information content (AvgIpc) is 3.02. The third-order valence-electron chi connectivity index (χ3n) is 3.96. The van der Waals surface area contributed by atoms with Crippen LogP contribution in [0.15, 0.2) is 28.8 Å². The molecule has 2 aromatic rings. The summed E-state index contributed by atoms with van der Waals surface area (Å²) in [6, 6.07) is 8.15. The maximum atomic E-state index is 6.01. The minimum absolute atomic E-state index is 0.190. The first kappa shape index (κ1) is 14.2. The second-order valence-corrected chi connectivity index (χ2v) is 5.40. The summed E-state index contributed by atoms with van der Waals surface area (Å²) in [6.07, 6.45) is 3.31. The van der Waals surface area contributed by atoms with Crippen LogP contribution in [0.3, 0.4) is 0 Å². The summed E-state index contributed by atoms with van der Waals surface area (Å²) >= 11 is 0. The lowest BCUT2D eigenvalue weighted by Gasteiger charge is -2.22. The van der Waals surface area contributed by atoms with E-state index in [-0.39, 0.29) is 12.0 Å². The molecule has 0 aliphatic heterocycles. The van der Waals surface area contributed by atoms with E-state index in [1.165, 1.54) is 11.1 Å². The molecule has 0 amide bonds. The van der Waals surface area contributed by atoms with E-state index >= 15 is 0 Å². The molecule has 0 saturated heterocycles. The summed E-state index contributed by atoms with van der Waals surface area (Å²) in [4.78, 5) is 4.50. The Hall–Kier alpha value is -1.72. The molecule has 21 heavy (non-hydrogen) atoms. The highest BCUT2D eigenvalue weighted by molar-refractivity contribution is 5.35. The number of benzene rings is 1. The fourth-order valence-electron chi connectivity index (χ4n) is 2.87. The Labute approximate surface area is 124 Å². The number of aromatic nitrogens is 2. The Morgan fingerprint density at radius 3 is 3.14 bits per heavy atom. The molecule has 1 aliphatic carbocycles. The molecule has 1 aromatic carbocycles. The maximum Gasteiger partial charge on any atom is 0.234 e. The zero-order valence-electron chi connectivity index (χ0n) is 12.3. The normalized spacial score (nSPS) is 19.2.